The van der Waals surface area contributed by atoms with E-state index in [0.717, 1.165) is 44.8 Å². The van der Waals surface area contributed by atoms with Crippen LogP contribution in [0, 0.1) is 43.9 Å². The Hall–Kier alpha value is 0.108. The van der Waals surface area contributed by atoms with Gasteiger partial charge < -0.3 is 11.0 Å². The Kier molecular flexibility index (Phi) is 9.39. The minimum Gasteiger partial charge on any atom is -0.464 e. The summed E-state index contributed by atoms with van der Waals surface area (Å²) in [5.41, 5.74) is 8.19. The zero-order chi connectivity index (χ0) is 17.6. The van der Waals surface area contributed by atoms with E-state index in [-0.39, 0.29) is 81.9 Å². The van der Waals surface area contributed by atoms with Crippen molar-refractivity contribution in [2.75, 3.05) is 7.05 Å². The van der Waals surface area contributed by atoms with E-state index in [2.05, 4.69) is 17.9 Å². The van der Waals surface area contributed by atoms with Crippen LogP contribution in [-0.4, -0.2) is 16.9 Å². The number of benzene rings is 1. The first-order valence-corrected chi connectivity index (χ1v) is 7.85. The van der Waals surface area contributed by atoms with Crippen LogP contribution < -0.4 is 0 Å². The van der Waals surface area contributed by atoms with Gasteiger partial charge in [-0.25, -0.2) is 0 Å². The van der Waals surface area contributed by atoms with Crippen LogP contribution in [0.2, 0.25) is 0 Å². The van der Waals surface area contributed by atoms with Gasteiger partial charge in [-0.15, -0.1) is 5.92 Å². The zero-order valence-corrected chi connectivity index (χ0v) is 22.1. The summed E-state index contributed by atoms with van der Waals surface area (Å²) in [5.74, 6) is -0.162. The van der Waals surface area contributed by atoms with Crippen LogP contribution in [0.15, 0.2) is 17.0 Å². The van der Waals surface area contributed by atoms with Crippen molar-refractivity contribution >= 4 is 5.69 Å². The number of nitro groups is 1. The van der Waals surface area contributed by atoms with Crippen LogP contribution in [-0.2, 0) is 65.4 Å². The molecule has 6 heteroatoms. The molecule has 0 spiro atoms. The van der Waals surface area contributed by atoms with Crippen LogP contribution in [0.5, 0.6) is 0 Å². The first kappa shape index (κ1) is 25.1. The Morgan fingerprint density at radius 3 is 1.88 bits per heavy atom. The molecular weight excluding hydrogens is 466 g/mol. The summed E-state index contributed by atoms with van der Waals surface area (Å²) in [6, 6.07) is 0. The molecule has 1 atom stereocenters. The molecule has 130 valence electrons. The molecule has 1 aliphatic heterocycles. The quantitative estimate of drug-likeness (QED) is 0.338. The van der Waals surface area contributed by atoms with Gasteiger partial charge in [0.05, 0.1) is 4.92 Å². The van der Waals surface area contributed by atoms with Gasteiger partial charge in [0.1, 0.15) is 0 Å². The fourth-order valence-corrected chi connectivity index (χ4v) is 3.34. The summed E-state index contributed by atoms with van der Waals surface area (Å²) in [7, 11) is 2.00. The maximum absolute atomic E-state index is 11.8. The second kappa shape index (κ2) is 9.35. The average molecular weight is 491 g/mol. The van der Waals surface area contributed by atoms with Gasteiger partial charge in [0.2, 0.25) is 0 Å². The third kappa shape index (κ3) is 4.34. The van der Waals surface area contributed by atoms with Gasteiger partial charge >= 0.3 is 0 Å². The minimum atomic E-state index is -0.234. The molecule has 0 fully saturated rings. The number of hydrogen-bond donors (Lipinski definition) is 0. The topological polar surface area (TPSA) is 46.4 Å². The van der Waals surface area contributed by atoms with Crippen molar-refractivity contribution in [1.29, 1.82) is 0 Å². The van der Waals surface area contributed by atoms with Crippen molar-refractivity contribution in [2.24, 2.45) is 0 Å². The molecule has 25 heavy (non-hydrogen) atoms. The number of allylic oxidation sites excluding steroid dienone is 4. The normalized spacial score (nSPS) is 16.9. The number of nitro benzene ring substituents is 1. The van der Waals surface area contributed by atoms with E-state index in [4.69, 9.17) is 0 Å². The Morgan fingerprint density at radius 1 is 0.920 bits per heavy atom. The molecule has 2 rings (SSSR count). The molecule has 1 aromatic carbocycles. The van der Waals surface area contributed by atoms with E-state index in [0.29, 0.717) is 0 Å². The molecule has 0 bridgehead atoms. The summed E-state index contributed by atoms with van der Waals surface area (Å²) in [5, 5.41) is 11.8. The summed E-state index contributed by atoms with van der Waals surface area (Å²) in [6.07, 6.45) is 3.45. The number of rotatable bonds is 2. The van der Waals surface area contributed by atoms with E-state index in [9.17, 15) is 10.1 Å². The molecule has 0 aromatic heterocycles. The SMILES string of the molecule is CC1=[C-]C(c2c(C)c(C)c(C)c(C)c2[N+](=O)[O-])C(C)=C(C)N1C.[Y].[Y]. The third-order valence-electron chi connectivity index (χ3n) is 5.54. The fraction of sp³-hybridized carbons (Fsp3) is 0.474. The summed E-state index contributed by atoms with van der Waals surface area (Å²) < 4.78 is 0. The summed E-state index contributed by atoms with van der Waals surface area (Å²) in [4.78, 5) is 13.6. The van der Waals surface area contributed by atoms with E-state index in [1.807, 2.05) is 48.6 Å². The van der Waals surface area contributed by atoms with Crippen molar-refractivity contribution in [1.82, 2.24) is 4.90 Å². The molecule has 2 radical (unpaired) electrons. The zero-order valence-electron chi connectivity index (χ0n) is 16.4. The first-order chi connectivity index (χ1) is 10.6. The Labute approximate surface area is 201 Å². The molecule has 1 unspecified atom stereocenters. The summed E-state index contributed by atoms with van der Waals surface area (Å²) in [6.45, 7) is 13.9. The number of hydrogen-bond acceptors (Lipinski definition) is 3. The van der Waals surface area contributed by atoms with Crippen LogP contribution in [0.4, 0.5) is 5.69 Å². The molecule has 0 saturated heterocycles. The molecule has 4 nitrogen and oxygen atoms in total. The van der Waals surface area contributed by atoms with E-state index in [1.54, 1.807) is 0 Å². The molecule has 0 aliphatic carbocycles. The van der Waals surface area contributed by atoms with Crippen molar-refractivity contribution < 1.29 is 70.3 Å². The first-order valence-electron chi connectivity index (χ1n) is 7.85. The van der Waals surface area contributed by atoms with E-state index >= 15 is 0 Å². The second-order valence-electron chi connectivity index (χ2n) is 6.51. The van der Waals surface area contributed by atoms with Crippen molar-refractivity contribution in [3.8, 4) is 0 Å². The van der Waals surface area contributed by atoms with E-state index < -0.39 is 0 Å². The largest absolute Gasteiger partial charge is 0.464 e. The van der Waals surface area contributed by atoms with Crippen LogP contribution in [0.25, 0.3) is 0 Å². The predicted octanol–water partition coefficient (Wildman–Crippen LogP) is 4.85. The molecule has 1 heterocycles. The Balaban J connectivity index is 0.00000288. The van der Waals surface area contributed by atoms with Gasteiger partial charge in [-0.05, 0) is 58.2 Å². The van der Waals surface area contributed by atoms with Crippen LogP contribution in [0.1, 0.15) is 54.5 Å². The monoisotopic (exact) mass is 491 g/mol. The molecule has 1 aromatic rings. The maximum Gasteiger partial charge on any atom is 0.274 e. The van der Waals surface area contributed by atoms with Gasteiger partial charge in [0.25, 0.3) is 5.69 Å². The standard InChI is InChI=1S/C19H25N2O2.2Y/c1-10-9-17(15(6)16(7)20(10)8)18-13(4)11(2)12(3)14(5)19(18)21(22)23;;/h17H,1-8H3;;/q-1;;. The van der Waals surface area contributed by atoms with Gasteiger partial charge in [-0.1, -0.05) is 12.5 Å². The molecule has 0 amide bonds. The Morgan fingerprint density at radius 2 is 1.40 bits per heavy atom. The van der Waals surface area contributed by atoms with Gasteiger partial charge in [0.15, 0.2) is 0 Å². The predicted molar refractivity (Wildman–Crippen MR) is 93.4 cm³/mol. The maximum atomic E-state index is 11.8. The Bertz CT molecular complexity index is 767. The van der Waals surface area contributed by atoms with Crippen LogP contribution >= 0.6 is 0 Å². The van der Waals surface area contributed by atoms with E-state index in [1.165, 1.54) is 0 Å². The smallest absolute Gasteiger partial charge is 0.274 e. The third-order valence-corrected chi connectivity index (χ3v) is 5.54. The number of nitrogens with zero attached hydrogens (tertiary/aromatic N) is 2. The van der Waals surface area contributed by atoms with Gasteiger partial charge in [0, 0.05) is 89.3 Å². The van der Waals surface area contributed by atoms with Crippen LogP contribution in [0.3, 0.4) is 0 Å². The minimum absolute atomic E-state index is 0. The molecule has 1 aliphatic rings. The summed E-state index contributed by atoms with van der Waals surface area (Å²) >= 11 is 0. The average Bonchev–Trinajstić information content (AvgIpc) is 2.50. The molecular formula is C19H25N2O2Y2-. The molecule has 0 saturated carbocycles. The fourth-order valence-electron chi connectivity index (χ4n) is 3.34. The van der Waals surface area contributed by atoms with Gasteiger partial charge in [-0.2, -0.15) is 5.70 Å². The van der Waals surface area contributed by atoms with Gasteiger partial charge in [-0.3, -0.25) is 10.1 Å². The second-order valence-corrected chi connectivity index (χ2v) is 6.51. The molecule has 0 N–H and O–H groups in total. The van der Waals surface area contributed by atoms with Crippen molar-refractivity contribution in [3.05, 3.63) is 61.0 Å². The van der Waals surface area contributed by atoms with Crippen molar-refractivity contribution in [3.63, 3.8) is 0 Å². The van der Waals surface area contributed by atoms with Crippen molar-refractivity contribution in [2.45, 2.75) is 54.4 Å².